The molecule has 0 bridgehead atoms. The van der Waals surface area contributed by atoms with Gasteiger partial charge in [-0.05, 0) is 37.7 Å². The Morgan fingerprint density at radius 1 is 1.29 bits per heavy atom. The van der Waals surface area contributed by atoms with Crippen LogP contribution in [-0.4, -0.2) is 50.3 Å². The third-order valence-electron chi connectivity index (χ3n) is 4.64. The van der Waals surface area contributed by atoms with E-state index in [1.54, 1.807) is 24.7 Å². The molecule has 1 saturated heterocycles. The molecule has 1 atom stereocenters. The van der Waals surface area contributed by atoms with Crippen molar-refractivity contribution in [3.8, 4) is 5.88 Å². The van der Waals surface area contributed by atoms with Crippen molar-refractivity contribution in [2.45, 2.75) is 31.7 Å². The zero-order valence-corrected chi connectivity index (χ0v) is 13.5. The fourth-order valence-corrected chi connectivity index (χ4v) is 3.02. The molecule has 0 unspecified atom stereocenters. The highest BCUT2D eigenvalue weighted by atomic mass is 16.5. The van der Waals surface area contributed by atoms with Gasteiger partial charge in [-0.15, -0.1) is 0 Å². The van der Waals surface area contributed by atoms with E-state index in [0.29, 0.717) is 23.9 Å². The van der Waals surface area contributed by atoms with Crippen LogP contribution in [0.25, 0.3) is 0 Å². The number of rotatable bonds is 5. The second kappa shape index (κ2) is 6.59. The number of piperidine rings is 1. The molecule has 7 heteroatoms. The van der Waals surface area contributed by atoms with Crippen molar-refractivity contribution in [3.05, 3.63) is 36.5 Å². The van der Waals surface area contributed by atoms with Crippen LogP contribution in [0, 0.1) is 5.92 Å². The molecule has 1 aliphatic carbocycles. The number of amides is 1. The molecule has 126 valence electrons. The molecule has 0 spiro atoms. The van der Waals surface area contributed by atoms with Crippen molar-refractivity contribution in [2.24, 2.45) is 5.92 Å². The van der Waals surface area contributed by atoms with E-state index in [9.17, 15) is 4.79 Å². The number of pyridine rings is 1. The Morgan fingerprint density at radius 2 is 2.21 bits per heavy atom. The molecule has 2 aliphatic rings. The number of likely N-dealkylation sites (tertiary alicyclic amines) is 1. The number of carbonyl (C=O) groups is 1. The number of aromatic nitrogens is 4. The molecule has 24 heavy (non-hydrogen) atoms. The van der Waals surface area contributed by atoms with Crippen LogP contribution in [0.15, 0.2) is 31.0 Å². The molecule has 3 heterocycles. The Balaban J connectivity index is 1.38. The summed E-state index contributed by atoms with van der Waals surface area (Å²) in [6.45, 7) is 2.15. The topological polar surface area (TPSA) is 73.1 Å². The van der Waals surface area contributed by atoms with E-state index in [-0.39, 0.29) is 11.9 Å². The highest BCUT2D eigenvalue weighted by molar-refractivity contribution is 5.94. The summed E-state index contributed by atoms with van der Waals surface area (Å²) in [5.74, 6) is 1.30. The summed E-state index contributed by atoms with van der Waals surface area (Å²) < 4.78 is 7.46. The lowest BCUT2D eigenvalue weighted by molar-refractivity contribution is 0.0672. The number of hydrogen-bond acceptors (Lipinski definition) is 5. The van der Waals surface area contributed by atoms with E-state index in [0.717, 1.165) is 26.0 Å². The van der Waals surface area contributed by atoms with Crippen molar-refractivity contribution in [1.82, 2.24) is 24.6 Å². The van der Waals surface area contributed by atoms with Crippen LogP contribution in [0.4, 0.5) is 0 Å². The van der Waals surface area contributed by atoms with Crippen molar-refractivity contribution in [1.29, 1.82) is 0 Å². The van der Waals surface area contributed by atoms with Crippen molar-refractivity contribution in [3.63, 3.8) is 0 Å². The molecule has 0 aromatic carbocycles. The molecule has 7 nitrogen and oxygen atoms in total. The predicted molar refractivity (Wildman–Crippen MR) is 86.7 cm³/mol. The van der Waals surface area contributed by atoms with E-state index < -0.39 is 0 Å². The minimum absolute atomic E-state index is 0.0149. The van der Waals surface area contributed by atoms with Crippen LogP contribution in [0.2, 0.25) is 0 Å². The Bertz CT molecular complexity index is 682. The van der Waals surface area contributed by atoms with E-state index in [1.165, 1.54) is 19.2 Å². The lowest BCUT2D eigenvalue weighted by atomic mass is 10.1. The monoisotopic (exact) mass is 327 g/mol. The second-order valence-corrected chi connectivity index (χ2v) is 6.56. The smallest absolute Gasteiger partial charge is 0.255 e. The lowest BCUT2D eigenvalue weighted by Crippen LogP contribution is -2.40. The van der Waals surface area contributed by atoms with Crippen molar-refractivity contribution < 1.29 is 9.53 Å². The standard InChI is InChI=1S/C17H21N5O2/c23-17(14-5-6-16(19-8-14)24-10-13-3-4-13)21-7-1-2-15(9-21)22-12-18-11-20-22/h5-6,8,11-13,15H,1-4,7,9-10H2/t15-/m0/s1. The van der Waals surface area contributed by atoms with Gasteiger partial charge < -0.3 is 9.64 Å². The summed E-state index contributed by atoms with van der Waals surface area (Å²) in [6, 6.07) is 3.78. The maximum absolute atomic E-state index is 12.7. The molecule has 4 rings (SSSR count). The molecule has 0 N–H and O–H groups in total. The van der Waals surface area contributed by atoms with Crippen LogP contribution >= 0.6 is 0 Å². The first-order valence-corrected chi connectivity index (χ1v) is 8.52. The summed E-state index contributed by atoms with van der Waals surface area (Å²) >= 11 is 0. The fraction of sp³-hybridized carbons (Fsp3) is 0.529. The third kappa shape index (κ3) is 3.39. The zero-order valence-electron chi connectivity index (χ0n) is 13.5. The van der Waals surface area contributed by atoms with Crippen LogP contribution in [0.3, 0.4) is 0 Å². The van der Waals surface area contributed by atoms with Gasteiger partial charge in [0.05, 0.1) is 18.2 Å². The van der Waals surface area contributed by atoms with E-state index >= 15 is 0 Å². The highest BCUT2D eigenvalue weighted by Gasteiger charge is 2.26. The van der Waals surface area contributed by atoms with Gasteiger partial charge in [-0.3, -0.25) is 4.79 Å². The maximum Gasteiger partial charge on any atom is 0.255 e. The van der Waals surface area contributed by atoms with Gasteiger partial charge in [0.25, 0.3) is 5.91 Å². The third-order valence-corrected chi connectivity index (χ3v) is 4.64. The number of carbonyl (C=O) groups excluding carboxylic acids is 1. The fourth-order valence-electron chi connectivity index (χ4n) is 3.02. The number of ether oxygens (including phenoxy) is 1. The predicted octanol–water partition coefficient (Wildman–Crippen LogP) is 1.94. The van der Waals surface area contributed by atoms with E-state index in [4.69, 9.17) is 4.74 Å². The quantitative estimate of drug-likeness (QED) is 0.839. The maximum atomic E-state index is 12.7. The van der Waals surface area contributed by atoms with Crippen LogP contribution in [-0.2, 0) is 0 Å². The minimum atomic E-state index is 0.0149. The van der Waals surface area contributed by atoms with Gasteiger partial charge in [-0.25, -0.2) is 14.6 Å². The number of hydrogen-bond donors (Lipinski definition) is 0. The van der Waals surface area contributed by atoms with E-state index in [2.05, 4.69) is 15.1 Å². The Morgan fingerprint density at radius 3 is 2.92 bits per heavy atom. The average Bonchev–Trinajstić information content (AvgIpc) is 3.30. The van der Waals surface area contributed by atoms with Gasteiger partial charge in [0.2, 0.25) is 5.88 Å². The van der Waals surface area contributed by atoms with Crippen LogP contribution in [0.1, 0.15) is 42.1 Å². The first-order chi connectivity index (χ1) is 11.8. The molecular formula is C17H21N5O2. The molecule has 1 amide bonds. The molecule has 2 fully saturated rings. The Hall–Kier alpha value is -2.44. The van der Waals surface area contributed by atoms with Gasteiger partial charge in [0.15, 0.2) is 0 Å². The first kappa shape index (κ1) is 15.1. The minimum Gasteiger partial charge on any atom is -0.477 e. The van der Waals surface area contributed by atoms with Gasteiger partial charge in [0, 0.05) is 25.4 Å². The summed E-state index contributed by atoms with van der Waals surface area (Å²) in [7, 11) is 0. The summed E-state index contributed by atoms with van der Waals surface area (Å²) in [4.78, 5) is 22.8. The Labute approximate surface area is 140 Å². The van der Waals surface area contributed by atoms with Gasteiger partial charge >= 0.3 is 0 Å². The Kier molecular flexibility index (Phi) is 4.15. The molecule has 0 radical (unpaired) electrons. The summed E-state index contributed by atoms with van der Waals surface area (Å²) in [6.07, 6.45) is 9.34. The molecule has 1 aliphatic heterocycles. The normalized spacial score (nSPS) is 20.8. The largest absolute Gasteiger partial charge is 0.477 e. The van der Waals surface area contributed by atoms with E-state index in [1.807, 2.05) is 9.58 Å². The van der Waals surface area contributed by atoms with Crippen LogP contribution in [0.5, 0.6) is 5.88 Å². The SMILES string of the molecule is O=C(c1ccc(OCC2CC2)nc1)N1CCC[C@H](n2cncn2)C1. The molecule has 1 saturated carbocycles. The molecule has 2 aromatic rings. The lowest BCUT2D eigenvalue weighted by Gasteiger charge is -2.32. The molecule has 2 aromatic heterocycles. The zero-order chi connectivity index (χ0) is 16.4. The van der Waals surface area contributed by atoms with Gasteiger partial charge in [-0.2, -0.15) is 5.10 Å². The second-order valence-electron chi connectivity index (χ2n) is 6.56. The first-order valence-electron chi connectivity index (χ1n) is 8.52. The van der Waals surface area contributed by atoms with Crippen LogP contribution < -0.4 is 4.74 Å². The highest BCUT2D eigenvalue weighted by Crippen LogP contribution is 2.29. The van der Waals surface area contributed by atoms with Gasteiger partial charge in [0.1, 0.15) is 12.7 Å². The van der Waals surface area contributed by atoms with Crippen molar-refractivity contribution in [2.75, 3.05) is 19.7 Å². The number of nitrogens with zero attached hydrogens (tertiary/aromatic N) is 5. The van der Waals surface area contributed by atoms with Gasteiger partial charge in [-0.1, -0.05) is 0 Å². The summed E-state index contributed by atoms with van der Waals surface area (Å²) in [5, 5.41) is 4.20. The molecular weight excluding hydrogens is 306 g/mol. The summed E-state index contributed by atoms with van der Waals surface area (Å²) in [5.41, 5.74) is 0.605. The average molecular weight is 327 g/mol. The van der Waals surface area contributed by atoms with Crippen molar-refractivity contribution >= 4 is 5.91 Å².